The first-order valence-corrected chi connectivity index (χ1v) is 9.57. The van der Waals surface area contributed by atoms with Gasteiger partial charge in [0.05, 0.1) is 0 Å². The number of halogens is 1. The van der Waals surface area contributed by atoms with Gasteiger partial charge in [0.15, 0.2) is 0 Å². The molecule has 0 spiro atoms. The normalized spacial score (nSPS) is 20.3. The monoisotopic (exact) mass is 332 g/mol. The average molecular weight is 333 g/mol. The highest BCUT2D eigenvalue weighted by Crippen LogP contribution is 2.24. The van der Waals surface area contributed by atoms with Crippen molar-refractivity contribution >= 4 is 25.6 Å². The minimum Gasteiger partial charge on any atom is -0.345 e. The molecule has 118 valence electrons. The number of amides is 1. The van der Waals surface area contributed by atoms with Gasteiger partial charge in [-0.2, -0.15) is 0 Å². The van der Waals surface area contributed by atoms with Crippen LogP contribution in [0, 0.1) is 0 Å². The number of carbonyl (C=O) groups excluding carboxylic acids is 1. The van der Waals surface area contributed by atoms with Crippen LogP contribution in [0.3, 0.4) is 0 Å². The summed E-state index contributed by atoms with van der Waals surface area (Å²) in [5.74, 6) is -0.113. The van der Waals surface area contributed by atoms with Crippen LogP contribution in [-0.4, -0.2) is 36.4 Å². The van der Waals surface area contributed by atoms with Gasteiger partial charge in [0.25, 0.3) is 15.0 Å². The lowest BCUT2D eigenvalue weighted by Gasteiger charge is -2.29. The molecule has 1 aliphatic rings. The maximum Gasteiger partial charge on any atom is 0.270 e. The van der Waals surface area contributed by atoms with Crippen LogP contribution in [-0.2, 0) is 16.1 Å². The Labute approximate surface area is 130 Å². The minimum absolute atomic E-state index is 0.0297. The Kier molecular flexibility index (Phi) is 4.99. The number of aromatic nitrogens is 1. The van der Waals surface area contributed by atoms with Crippen LogP contribution < -0.4 is 0 Å². The molecule has 1 amide bonds. The molecule has 7 heteroatoms. The van der Waals surface area contributed by atoms with Gasteiger partial charge in [0.1, 0.15) is 10.6 Å². The molecule has 0 aromatic carbocycles. The van der Waals surface area contributed by atoms with Gasteiger partial charge in [-0.05, 0) is 25.3 Å². The van der Waals surface area contributed by atoms with Crippen LogP contribution in [0.4, 0.5) is 0 Å². The van der Waals surface area contributed by atoms with E-state index < -0.39 is 9.05 Å². The number of likely N-dealkylation sites (tertiary alicyclic amines) is 1. The van der Waals surface area contributed by atoms with Crippen LogP contribution in [0.15, 0.2) is 17.2 Å². The summed E-state index contributed by atoms with van der Waals surface area (Å²) in [7, 11) is 3.20. The van der Waals surface area contributed by atoms with Crippen molar-refractivity contribution in [1.29, 1.82) is 0 Å². The van der Waals surface area contributed by atoms with Crippen LogP contribution in [0.5, 0.6) is 0 Å². The van der Waals surface area contributed by atoms with Crippen LogP contribution in [0.1, 0.15) is 49.5 Å². The van der Waals surface area contributed by atoms with Crippen molar-refractivity contribution in [3.05, 3.63) is 18.0 Å². The number of aryl methyl sites for hydroxylation is 1. The Balaban J connectivity index is 2.32. The van der Waals surface area contributed by atoms with E-state index in [2.05, 4.69) is 6.92 Å². The summed E-state index contributed by atoms with van der Waals surface area (Å²) >= 11 is 0. The Hall–Kier alpha value is -1.01. The van der Waals surface area contributed by atoms with E-state index in [1.807, 2.05) is 4.90 Å². The van der Waals surface area contributed by atoms with Crippen molar-refractivity contribution in [2.24, 2.45) is 7.05 Å². The Morgan fingerprint density at radius 3 is 2.67 bits per heavy atom. The Morgan fingerprint density at radius 1 is 1.38 bits per heavy atom. The number of nitrogens with zero attached hydrogens (tertiary/aromatic N) is 2. The van der Waals surface area contributed by atoms with Crippen LogP contribution in [0.2, 0.25) is 0 Å². The highest BCUT2D eigenvalue weighted by Gasteiger charge is 2.28. The van der Waals surface area contributed by atoms with Gasteiger partial charge in [0, 0.05) is 36.5 Å². The minimum atomic E-state index is -3.81. The molecule has 1 aromatic heterocycles. The molecule has 21 heavy (non-hydrogen) atoms. The summed E-state index contributed by atoms with van der Waals surface area (Å²) < 4.78 is 24.3. The van der Waals surface area contributed by atoms with Crippen LogP contribution in [0.25, 0.3) is 0 Å². The van der Waals surface area contributed by atoms with Gasteiger partial charge in [0.2, 0.25) is 0 Å². The average Bonchev–Trinajstić information content (AvgIpc) is 2.67. The van der Waals surface area contributed by atoms with Gasteiger partial charge >= 0.3 is 0 Å². The molecule has 0 bridgehead atoms. The fourth-order valence-corrected chi connectivity index (χ4v) is 3.69. The molecule has 0 aliphatic carbocycles. The maximum absolute atomic E-state index is 12.8. The number of rotatable bonds is 3. The third kappa shape index (κ3) is 3.61. The summed E-state index contributed by atoms with van der Waals surface area (Å²) in [4.78, 5) is 14.6. The largest absolute Gasteiger partial charge is 0.345 e. The lowest BCUT2D eigenvalue weighted by Crippen LogP contribution is -2.40. The molecule has 5 nitrogen and oxygen atoms in total. The highest BCUT2D eigenvalue weighted by molar-refractivity contribution is 8.13. The predicted molar refractivity (Wildman–Crippen MR) is 82.0 cm³/mol. The molecule has 0 radical (unpaired) electrons. The first kappa shape index (κ1) is 16.4. The molecular formula is C14H21ClN2O3S. The topological polar surface area (TPSA) is 59.4 Å². The second-order valence-corrected chi connectivity index (χ2v) is 8.09. The second kappa shape index (κ2) is 6.40. The van der Waals surface area contributed by atoms with Gasteiger partial charge in [-0.15, -0.1) is 0 Å². The molecule has 1 atom stereocenters. The molecule has 2 rings (SSSR count). The Bertz CT molecular complexity index is 624. The standard InChI is InChI=1S/C14H21ClN2O3S/c1-3-11-7-5-4-6-8-17(11)14(18)13-9-12(10-16(13)2)21(15,19)20/h9-11H,3-8H2,1-2H3. The Morgan fingerprint density at radius 2 is 2.10 bits per heavy atom. The van der Waals surface area contributed by atoms with Crippen molar-refractivity contribution in [3.63, 3.8) is 0 Å². The fraction of sp³-hybridized carbons (Fsp3) is 0.643. The lowest BCUT2D eigenvalue weighted by molar-refractivity contribution is 0.0668. The molecule has 1 fully saturated rings. The molecular weight excluding hydrogens is 312 g/mol. The molecule has 0 saturated carbocycles. The number of hydrogen-bond acceptors (Lipinski definition) is 3. The first-order valence-electron chi connectivity index (χ1n) is 7.26. The van der Waals surface area contributed by atoms with E-state index in [4.69, 9.17) is 10.7 Å². The van der Waals surface area contributed by atoms with E-state index >= 15 is 0 Å². The maximum atomic E-state index is 12.8. The van der Waals surface area contributed by atoms with Gasteiger partial charge in [-0.1, -0.05) is 19.8 Å². The van der Waals surface area contributed by atoms with Crippen molar-refractivity contribution in [1.82, 2.24) is 9.47 Å². The van der Waals surface area contributed by atoms with Gasteiger partial charge in [-0.25, -0.2) is 8.42 Å². The van der Waals surface area contributed by atoms with Crippen molar-refractivity contribution < 1.29 is 13.2 Å². The zero-order valence-corrected chi connectivity index (χ0v) is 14.0. The smallest absolute Gasteiger partial charge is 0.270 e. The second-order valence-electron chi connectivity index (χ2n) is 5.52. The van der Waals surface area contributed by atoms with E-state index in [1.165, 1.54) is 16.8 Å². The third-order valence-corrected chi connectivity index (χ3v) is 5.41. The third-order valence-electron chi connectivity index (χ3n) is 4.09. The molecule has 1 aliphatic heterocycles. The van der Waals surface area contributed by atoms with E-state index in [0.29, 0.717) is 5.69 Å². The fourth-order valence-electron chi connectivity index (χ4n) is 2.90. The molecule has 0 N–H and O–H groups in total. The summed E-state index contributed by atoms with van der Waals surface area (Å²) in [6.07, 6.45) is 6.57. The first-order chi connectivity index (χ1) is 9.84. The lowest BCUT2D eigenvalue weighted by atomic mass is 10.1. The zero-order chi connectivity index (χ0) is 15.6. The molecule has 1 aromatic rings. The van der Waals surface area contributed by atoms with E-state index in [-0.39, 0.29) is 16.8 Å². The van der Waals surface area contributed by atoms with Crippen molar-refractivity contribution in [2.75, 3.05) is 6.54 Å². The number of carbonyl (C=O) groups is 1. The van der Waals surface area contributed by atoms with Gasteiger partial charge < -0.3 is 9.47 Å². The highest BCUT2D eigenvalue weighted by atomic mass is 35.7. The molecule has 2 heterocycles. The van der Waals surface area contributed by atoms with E-state index in [0.717, 1.165) is 38.6 Å². The summed E-state index contributed by atoms with van der Waals surface area (Å²) in [6, 6.07) is 1.59. The van der Waals surface area contributed by atoms with Crippen molar-refractivity contribution in [2.45, 2.75) is 50.0 Å². The molecule has 1 saturated heterocycles. The summed E-state index contributed by atoms with van der Waals surface area (Å²) in [5, 5.41) is 0. The summed E-state index contributed by atoms with van der Waals surface area (Å²) in [6.45, 7) is 2.81. The SMILES string of the molecule is CCC1CCCCCN1C(=O)c1cc(S(=O)(=O)Cl)cn1C. The predicted octanol–water partition coefficient (Wildman–Crippen LogP) is 2.75. The van der Waals surface area contributed by atoms with E-state index in [9.17, 15) is 13.2 Å². The van der Waals surface area contributed by atoms with E-state index in [1.54, 1.807) is 7.05 Å². The zero-order valence-electron chi connectivity index (χ0n) is 12.4. The van der Waals surface area contributed by atoms with Crippen molar-refractivity contribution in [3.8, 4) is 0 Å². The van der Waals surface area contributed by atoms with Gasteiger partial charge in [-0.3, -0.25) is 4.79 Å². The van der Waals surface area contributed by atoms with Crippen LogP contribution >= 0.6 is 10.7 Å². The number of hydrogen-bond donors (Lipinski definition) is 0. The summed E-state index contributed by atoms with van der Waals surface area (Å²) in [5.41, 5.74) is 0.370. The molecule has 1 unspecified atom stereocenters. The quantitative estimate of drug-likeness (QED) is 0.800.